The number of carbonyl (C=O) groups excluding carboxylic acids is 2. The lowest BCUT2D eigenvalue weighted by atomic mass is 9.75. The van der Waals surface area contributed by atoms with Crippen LogP contribution in [0, 0.1) is 5.41 Å². The number of hydrogen-bond acceptors (Lipinski definition) is 3. The molecule has 0 aliphatic heterocycles. The summed E-state index contributed by atoms with van der Waals surface area (Å²) in [6, 6.07) is 0. The summed E-state index contributed by atoms with van der Waals surface area (Å²) >= 11 is 0. The third kappa shape index (κ3) is 4.73. The van der Waals surface area contributed by atoms with Gasteiger partial charge in [-0.25, -0.2) is 4.79 Å². The average molecular weight is 251 g/mol. The molecule has 0 spiro atoms. The third-order valence-electron chi connectivity index (χ3n) is 3.20. The van der Waals surface area contributed by atoms with E-state index in [-0.39, 0.29) is 5.41 Å². The standard InChI is InChI=1S/C14H21NO3/c1-2-3-10-15-13(17)18-12-14(9-11-16)7-5-4-6-8-14/h2,4-5,11H,1,3,6-10,12H2,(H,15,17). The largest absolute Gasteiger partial charge is 0.449 e. The van der Waals surface area contributed by atoms with Crippen LogP contribution in [0.4, 0.5) is 4.79 Å². The average Bonchev–Trinajstić information content (AvgIpc) is 2.38. The van der Waals surface area contributed by atoms with Crippen LogP contribution in [0.15, 0.2) is 24.8 Å². The molecule has 4 nitrogen and oxygen atoms in total. The summed E-state index contributed by atoms with van der Waals surface area (Å²) in [4.78, 5) is 22.2. The molecule has 1 amide bonds. The van der Waals surface area contributed by atoms with Gasteiger partial charge in [-0.15, -0.1) is 6.58 Å². The number of rotatable bonds is 7. The molecule has 18 heavy (non-hydrogen) atoms. The van der Waals surface area contributed by atoms with E-state index in [0.29, 0.717) is 19.6 Å². The van der Waals surface area contributed by atoms with Crippen molar-refractivity contribution >= 4 is 12.4 Å². The van der Waals surface area contributed by atoms with E-state index in [1.165, 1.54) is 0 Å². The molecule has 0 fully saturated rings. The van der Waals surface area contributed by atoms with E-state index in [9.17, 15) is 9.59 Å². The number of carbonyl (C=O) groups is 2. The molecular weight excluding hydrogens is 230 g/mol. The Bertz CT molecular complexity index is 325. The minimum atomic E-state index is -0.420. The Morgan fingerprint density at radius 3 is 2.94 bits per heavy atom. The maximum atomic E-state index is 11.4. The molecule has 1 aliphatic carbocycles. The number of ether oxygens (including phenoxy) is 1. The number of aldehydes is 1. The van der Waals surface area contributed by atoms with E-state index in [2.05, 4.69) is 24.0 Å². The first-order valence-corrected chi connectivity index (χ1v) is 6.32. The van der Waals surface area contributed by atoms with Gasteiger partial charge in [0.1, 0.15) is 6.29 Å². The molecule has 1 unspecified atom stereocenters. The first kappa shape index (κ1) is 14.5. The summed E-state index contributed by atoms with van der Waals surface area (Å²) in [5.41, 5.74) is -0.202. The van der Waals surface area contributed by atoms with Gasteiger partial charge in [0.05, 0.1) is 6.61 Å². The number of allylic oxidation sites excluding steroid dienone is 2. The summed E-state index contributed by atoms with van der Waals surface area (Å²) in [5.74, 6) is 0. The fourth-order valence-electron chi connectivity index (χ4n) is 2.04. The molecule has 1 N–H and O–H groups in total. The van der Waals surface area contributed by atoms with Crippen LogP contribution in [-0.2, 0) is 9.53 Å². The highest BCUT2D eigenvalue weighted by atomic mass is 16.5. The first-order valence-electron chi connectivity index (χ1n) is 6.32. The van der Waals surface area contributed by atoms with Gasteiger partial charge in [-0.1, -0.05) is 18.2 Å². The van der Waals surface area contributed by atoms with Gasteiger partial charge in [0.2, 0.25) is 0 Å². The molecule has 0 aromatic rings. The topological polar surface area (TPSA) is 55.4 Å². The van der Waals surface area contributed by atoms with Crippen LogP contribution in [-0.4, -0.2) is 25.5 Å². The van der Waals surface area contributed by atoms with Crippen molar-refractivity contribution in [1.82, 2.24) is 5.32 Å². The van der Waals surface area contributed by atoms with Gasteiger partial charge in [-0.05, 0) is 25.7 Å². The molecule has 4 heteroatoms. The predicted molar refractivity (Wildman–Crippen MR) is 70.3 cm³/mol. The van der Waals surface area contributed by atoms with Crippen molar-refractivity contribution in [2.45, 2.75) is 32.1 Å². The Kier molecular flexibility index (Phi) is 6.19. The van der Waals surface area contributed by atoms with Crippen molar-refractivity contribution in [3.8, 4) is 0 Å². The van der Waals surface area contributed by atoms with Gasteiger partial charge in [-0.3, -0.25) is 0 Å². The molecule has 0 heterocycles. The summed E-state index contributed by atoms with van der Waals surface area (Å²) < 4.78 is 5.21. The number of alkyl carbamates (subject to hydrolysis) is 1. The predicted octanol–water partition coefficient (Wildman–Crippen LogP) is 2.60. The summed E-state index contributed by atoms with van der Waals surface area (Å²) in [5, 5.41) is 2.64. The Labute approximate surface area is 108 Å². The highest BCUT2D eigenvalue weighted by Gasteiger charge is 2.31. The number of nitrogens with one attached hydrogen (secondary N) is 1. The van der Waals surface area contributed by atoms with Gasteiger partial charge in [0, 0.05) is 18.4 Å². The number of hydrogen-bond donors (Lipinski definition) is 1. The second-order valence-corrected chi connectivity index (χ2v) is 4.67. The highest BCUT2D eigenvalue weighted by Crippen LogP contribution is 2.35. The van der Waals surface area contributed by atoms with Gasteiger partial charge < -0.3 is 14.8 Å². The SMILES string of the molecule is C=CCCNC(=O)OCC1(CC=O)CC=CCC1. The summed E-state index contributed by atoms with van der Waals surface area (Å²) in [6.45, 7) is 4.41. The quantitative estimate of drug-likeness (QED) is 0.430. The monoisotopic (exact) mass is 251 g/mol. The molecule has 0 aromatic heterocycles. The van der Waals surface area contributed by atoms with Crippen molar-refractivity contribution in [1.29, 1.82) is 0 Å². The van der Waals surface area contributed by atoms with Gasteiger partial charge in [0.15, 0.2) is 0 Å². The second kappa shape index (κ2) is 7.69. The lowest BCUT2D eigenvalue weighted by Crippen LogP contribution is -2.33. The zero-order chi connectivity index (χ0) is 13.3. The van der Waals surface area contributed by atoms with Crippen LogP contribution in [0.1, 0.15) is 32.1 Å². The van der Waals surface area contributed by atoms with Crippen LogP contribution in [0.5, 0.6) is 0 Å². The molecule has 100 valence electrons. The molecule has 0 saturated carbocycles. The van der Waals surface area contributed by atoms with Gasteiger partial charge >= 0.3 is 6.09 Å². The molecule has 0 bridgehead atoms. The van der Waals surface area contributed by atoms with E-state index in [1.807, 2.05) is 0 Å². The lowest BCUT2D eigenvalue weighted by Gasteiger charge is -2.32. The summed E-state index contributed by atoms with van der Waals surface area (Å²) in [7, 11) is 0. The normalized spacial score (nSPS) is 22.2. The second-order valence-electron chi connectivity index (χ2n) is 4.67. The van der Waals surface area contributed by atoms with Crippen LogP contribution < -0.4 is 5.32 Å². The van der Waals surface area contributed by atoms with Crippen molar-refractivity contribution in [3.63, 3.8) is 0 Å². The van der Waals surface area contributed by atoms with Gasteiger partial charge in [0.25, 0.3) is 0 Å². The van der Waals surface area contributed by atoms with E-state index in [4.69, 9.17) is 4.74 Å². The van der Waals surface area contributed by atoms with E-state index in [0.717, 1.165) is 32.0 Å². The van der Waals surface area contributed by atoms with Crippen molar-refractivity contribution in [2.75, 3.05) is 13.2 Å². The third-order valence-corrected chi connectivity index (χ3v) is 3.20. The first-order chi connectivity index (χ1) is 8.72. The molecular formula is C14H21NO3. The van der Waals surface area contributed by atoms with Crippen molar-refractivity contribution in [2.24, 2.45) is 5.41 Å². The maximum Gasteiger partial charge on any atom is 0.407 e. The van der Waals surface area contributed by atoms with Crippen LogP contribution >= 0.6 is 0 Å². The zero-order valence-electron chi connectivity index (χ0n) is 10.7. The lowest BCUT2D eigenvalue weighted by molar-refractivity contribution is -0.110. The van der Waals surface area contributed by atoms with Crippen LogP contribution in [0.2, 0.25) is 0 Å². The van der Waals surface area contributed by atoms with Crippen molar-refractivity contribution < 1.29 is 14.3 Å². The van der Waals surface area contributed by atoms with E-state index in [1.54, 1.807) is 6.08 Å². The van der Waals surface area contributed by atoms with Crippen molar-refractivity contribution in [3.05, 3.63) is 24.8 Å². The minimum absolute atomic E-state index is 0.202. The molecule has 1 aliphatic rings. The molecule has 1 rings (SSSR count). The fraction of sp³-hybridized carbons (Fsp3) is 0.571. The number of amides is 1. The molecule has 0 saturated heterocycles. The zero-order valence-corrected chi connectivity index (χ0v) is 10.7. The minimum Gasteiger partial charge on any atom is -0.449 e. The van der Waals surface area contributed by atoms with Gasteiger partial charge in [-0.2, -0.15) is 0 Å². The Hall–Kier alpha value is -1.58. The van der Waals surface area contributed by atoms with Crippen LogP contribution in [0.25, 0.3) is 0 Å². The van der Waals surface area contributed by atoms with Crippen LogP contribution in [0.3, 0.4) is 0 Å². The Balaban J connectivity index is 2.37. The Morgan fingerprint density at radius 2 is 2.33 bits per heavy atom. The van der Waals surface area contributed by atoms with E-state index < -0.39 is 6.09 Å². The fourth-order valence-corrected chi connectivity index (χ4v) is 2.04. The summed E-state index contributed by atoms with van der Waals surface area (Å²) in [6.07, 6.45) is 10.2. The highest BCUT2D eigenvalue weighted by molar-refractivity contribution is 5.67. The Morgan fingerprint density at radius 1 is 1.50 bits per heavy atom. The smallest absolute Gasteiger partial charge is 0.407 e. The molecule has 0 radical (unpaired) electrons. The maximum absolute atomic E-state index is 11.4. The van der Waals surface area contributed by atoms with E-state index >= 15 is 0 Å². The molecule has 1 atom stereocenters. The molecule has 0 aromatic carbocycles.